The summed E-state index contributed by atoms with van der Waals surface area (Å²) in [6.07, 6.45) is 0. The Bertz CT molecular complexity index is 1040. The second-order valence-electron chi connectivity index (χ2n) is 7.68. The molecule has 0 bridgehead atoms. The van der Waals surface area contributed by atoms with Gasteiger partial charge in [-0.2, -0.15) is 0 Å². The van der Waals surface area contributed by atoms with Crippen LogP contribution in [0.5, 0.6) is 17.2 Å². The van der Waals surface area contributed by atoms with E-state index < -0.39 is 5.97 Å². The van der Waals surface area contributed by atoms with Gasteiger partial charge in [-0.05, 0) is 42.0 Å². The molecule has 0 unspecified atom stereocenters. The molecule has 0 amide bonds. The number of anilines is 1. The van der Waals surface area contributed by atoms with E-state index in [-0.39, 0.29) is 6.61 Å². The van der Waals surface area contributed by atoms with E-state index in [0.717, 1.165) is 17.0 Å². The molecule has 36 heavy (non-hydrogen) atoms. The molecule has 0 aliphatic carbocycles. The fourth-order valence-corrected chi connectivity index (χ4v) is 3.19. The van der Waals surface area contributed by atoms with Crippen LogP contribution in [-0.2, 0) is 20.8 Å². The van der Waals surface area contributed by atoms with Gasteiger partial charge in [0.1, 0.15) is 29.4 Å². The van der Waals surface area contributed by atoms with Crippen LogP contribution in [0, 0.1) is 0 Å². The third kappa shape index (κ3) is 9.22. The summed E-state index contributed by atoms with van der Waals surface area (Å²) in [4.78, 5) is 12.9. The molecule has 0 spiro atoms. The maximum Gasteiger partial charge on any atom is 0.347 e. The van der Waals surface area contributed by atoms with Crippen LogP contribution in [0.3, 0.4) is 0 Å². The molecular weight excluding hydrogens is 462 g/mol. The number of rotatable bonds is 16. The lowest BCUT2D eigenvalue weighted by Crippen LogP contribution is -2.15. The topological polar surface area (TPSA) is 84.5 Å². The zero-order chi connectivity index (χ0) is 25.4. The van der Waals surface area contributed by atoms with Crippen LogP contribution >= 0.6 is 0 Å². The smallest absolute Gasteiger partial charge is 0.347 e. The highest BCUT2D eigenvalue weighted by Gasteiger charge is 2.16. The molecule has 0 aliphatic rings. The van der Waals surface area contributed by atoms with E-state index in [1.54, 1.807) is 38.5 Å². The first-order valence-electron chi connectivity index (χ1n) is 11.7. The van der Waals surface area contributed by atoms with Crippen molar-refractivity contribution in [1.82, 2.24) is 0 Å². The van der Waals surface area contributed by atoms with E-state index in [0.29, 0.717) is 56.6 Å². The second-order valence-corrected chi connectivity index (χ2v) is 7.68. The summed E-state index contributed by atoms with van der Waals surface area (Å²) < 4.78 is 32.5. The van der Waals surface area contributed by atoms with Crippen LogP contribution in [0.2, 0.25) is 0 Å². The van der Waals surface area contributed by atoms with Gasteiger partial charge in [0.05, 0.1) is 40.1 Å². The quantitative estimate of drug-likeness (QED) is 0.176. The van der Waals surface area contributed by atoms with E-state index in [4.69, 9.17) is 28.4 Å². The fraction of sp³-hybridized carbons (Fsp3) is 0.321. The van der Waals surface area contributed by atoms with E-state index in [2.05, 4.69) is 5.32 Å². The lowest BCUT2D eigenvalue weighted by Gasteiger charge is -2.14. The molecule has 0 radical (unpaired) electrons. The molecule has 1 N–H and O–H groups in total. The summed E-state index contributed by atoms with van der Waals surface area (Å²) in [6.45, 7) is 3.22. The van der Waals surface area contributed by atoms with Gasteiger partial charge in [-0.15, -0.1) is 0 Å². The Morgan fingerprint density at radius 3 is 2.14 bits per heavy atom. The first-order valence-corrected chi connectivity index (χ1v) is 11.7. The highest BCUT2D eigenvalue weighted by Crippen LogP contribution is 2.26. The van der Waals surface area contributed by atoms with Crippen molar-refractivity contribution in [1.29, 1.82) is 0 Å². The third-order valence-corrected chi connectivity index (χ3v) is 5.10. The van der Waals surface area contributed by atoms with Crippen molar-refractivity contribution in [3.63, 3.8) is 0 Å². The number of hydrogen-bond donors (Lipinski definition) is 1. The Morgan fingerprint density at radius 1 is 0.750 bits per heavy atom. The van der Waals surface area contributed by atoms with E-state index >= 15 is 0 Å². The summed E-state index contributed by atoms with van der Waals surface area (Å²) in [7, 11) is 3.27. The Balaban J connectivity index is 1.60. The normalized spacial score (nSPS) is 10.6. The minimum atomic E-state index is -0.495. The van der Waals surface area contributed by atoms with Gasteiger partial charge in [0.15, 0.2) is 0 Å². The maximum atomic E-state index is 12.9. The van der Waals surface area contributed by atoms with Gasteiger partial charge in [-0.1, -0.05) is 30.3 Å². The van der Waals surface area contributed by atoms with Gasteiger partial charge in [0.25, 0.3) is 0 Å². The first kappa shape index (κ1) is 27.0. The molecule has 0 heterocycles. The highest BCUT2D eigenvalue weighted by molar-refractivity contribution is 5.94. The number of esters is 1. The Morgan fingerprint density at radius 2 is 1.44 bits per heavy atom. The van der Waals surface area contributed by atoms with Gasteiger partial charge in [0.2, 0.25) is 0 Å². The molecule has 0 saturated carbocycles. The van der Waals surface area contributed by atoms with Crippen molar-refractivity contribution in [2.45, 2.75) is 6.54 Å². The monoisotopic (exact) mass is 495 g/mol. The fourth-order valence-electron chi connectivity index (χ4n) is 3.19. The lowest BCUT2D eigenvalue weighted by molar-refractivity contribution is 0.0178. The summed E-state index contributed by atoms with van der Waals surface area (Å²) >= 11 is 0. The zero-order valence-corrected chi connectivity index (χ0v) is 20.7. The number of para-hydroxylation sites is 1. The molecule has 0 aromatic heterocycles. The highest BCUT2D eigenvalue weighted by atomic mass is 16.6. The average Bonchev–Trinajstić information content (AvgIpc) is 2.92. The molecule has 0 atom stereocenters. The largest absolute Gasteiger partial charge is 0.497 e. The van der Waals surface area contributed by atoms with Crippen LogP contribution in [0.1, 0.15) is 15.9 Å². The van der Waals surface area contributed by atoms with Crippen molar-refractivity contribution in [2.24, 2.45) is 0 Å². The van der Waals surface area contributed by atoms with Crippen molar-refractivity contribution in [2.75, 3.05) is 59.2 Å². The molecule has 3 rings (SSSR count). The number of hydrogen-bond acceptors (Lipinski definition) is 8. The first-order chi connectivity index (χ1) is 17.7. The van der Waals surface area contributed by atoms with E-state index in [9.17, 15) is 4.79 Å². The molecule has 3 aromatic rings. The van der Waals surface area contributed by atoms with Crippen LogP contribution < -0.4 is 19.5 Å². The Kier molecular flexibility index (Phi) is 11.6. The number of benzene rings is 3. The molecule has 8 nitrogen and oxygen atoms in total. The third-order valence-electron chi connectivity index (χ3n) is 5.10. The number of methoxy groups -OCH3 is 2. The molecular formula is C28H33NO7. The Labute approximate surface area is 212 Å². The molecule has 3 aromatic carbocycles. The number of nitrogens with one attached hydrogen (secondary N) is 1. The summed E-state index contributed by atoms with van der Waals surface area (Å²) in [5, 5.41) is 3.36. The van der Waals surface area contributed by atoms with Crippen LogP contribution in [-0.4, -0.2) is 59.8 Å². The molecule has 0 fully saturated rings. The molecule has 0 aliphatic heterocycles. The van der Waals surface area contributed by atoms with Gasteiger partial charge >= 0.3 is 5.97 Å². The van der Waals surface area contributed by atoms with Gasteiger partial charge in [-0.25, -0.2) is 4.79 Å². The van der Waals surface area contributed by atoms with Gasteiger partial charge in [0, 0.05) is 25.4 Å². The lowest BCUT2D eigenvalue weighted by atomic mass is 10.1. The van der Waals surface area contributed by atoms with Crippen molar-refractivity contribution < 1.29 is 33.2 Å². The predicted octanol–water partition coefficient (Wildman–Crippen LogP) is 4.58. The number of carbonyl (C=O) groups is 1. The maximum absolute atomic E-state index is 12.9. The van der Waals surface area contributed by atoms with Crippen molar-refractivity contribution >= 4 is 11.7 Å². The number of ether oxygens (including phenoxy) is 6. The van der Waals surface area contributed by atoms with Gasteiger partial charge in [-0.3, -0.25) is 0 Å². The van der Waals surface area contributed by atoms with E-state index in [1.165, 1.54) is 0 Å². The van der Waals surface area contributed by atoms with Crippen LogP contribution in [0.15, 0.2) is 72.8 Å². The standard InChI is InChI=1S/C28H33NO7/c1-31-14-15-33-16-17-34-18-19-35-27-20-23(29-21-22-8-11-24(32-2)12-9-22)10-13-26(27)28(30)36-25-6-4-3-5-7-25/h3-13,20,29H,14-19,21H2,1-2H3. The minimum Gasteiger partial charge on any atom is -0.497 e. The molecule has 192 valence electrons. The van der Waals surface area contributed by atoms with Crippen LogP contribution in [0.4, 0.5) is 5.69 Å². The SMILES string of the molecule is COCCOCCOCCOc1cc(NCc2ccc(OC)cc2)ccc1C(=O)Oc1ccccc1. The number of carbonyl (C=O) groups excluding carboxylic acids is 1. The minimum absolute atomic E-state index is 0.269. The van der Waals surface area contributed by atoms with Gasteiger partial charge < -0.3 is 33.7 Å². The summed E-state index contributed by atoms with van der Waals surface area (Å²) in [5.41, 5.74) is 2.23. The molecule has 0 saturated heterocycles. The molecule has 8 heteroatoms. The summed E-state index contributed by atoms with van der Waals surface area (Å²) in [5.74, 6) is 1.19. The predicted molar refractivity (Wildman–Crippen MR) is 137 cm³/mol. The second kappa shape index (κ2) is 15.4. The average molecular weight is 496 g/mol. The Hall–Kier alpha value is -3.59. The summed E-state index contributed by atoms with van der Waals surface area (Å²) in [6, 6.07) is 22.1. The van der Waals surface area contributed by atoms with E-state index in [1.807, 2.05) is 48.5 Å². The van der Waals surface area contributed by atoms with Crippen molar-refractivity contribution in [3.8, 4) is 17.2 Å². The van der Waals surface area contributed by atoms with Crippen molar-refractivity contribution in [3.05, 3.63) is 83.9 Å². The van der Waals surface area contributed by atoms with Crippen LogP contribution in [0.25, 0.3) is 0 Å². The zero-order valence-electron chi connectivity index (χ0n) is 20.7.